The molecule has 0 atom stereocenters. The summed E-state index contributed by atoms with van der Waals surface area (Å²) >= 11 is -0.119. The molecule has 3 heterocycles. The van der Waals surface area contributed by atoms with Crippen LogP contribution in [0, 0.1) is 0 Å². The van der Waals surface area contributed by atoms with E-state index in [0.29, 0.717) is 12.1 Å². The monoisotopic (exact) mass is 427 g/mol. The molecule has 0 amide bonds. The Morgan fingerprint density at radius 2 is 1.28 bits per heavy atom. The van der Waals surface area contributed by atoms with E-state index in [2.05, 4.69) is 72.1 Å². The second-order valence-corrected chi connectivity index (χ2v) is 7.84. The standard InChI is InChI=1S/C13H20N4.Pt/c1-12(2)16-7-5-14(10-16)9-15-6-8-17(11-15)13(3)4;/h5-8,12-13H,9H2,1-4H3;. The topological polar surface area (TPSA) is 13.0 Å². The van der Waals surface area contributed by atoms with E-state index in [4.69, 9.17) is 0 Å². The molecule has 0 aliphatic carbocycles. The van der Waals surface area contributed by atoms with Crippen LogP contribution in [0.3, 0.4) is 0 Å². The molecule has 0 saturated heterocycles. The Bertz CT molecular complexity index is 445. The summed E-state index contributed by atoms with van der Waals surface area (Å²) in [6.07, 6.45) is 8.90. The Balaban J connectivity index is 2.03. The van der Waals surface area contributed by atoms with Crippen molar-refractivity contribution in [2.75, 3.05) is 6.67 Å². The second kappa shape index (κ2) is 4.34. The molecule has 102 valence electrons. The van der Waals surface area contributed by atoms with Crippen molar-refractivity contribution < 1.29 is 17.6 Å². The molecular formula is C13H20N4Pt. The fourth-order valence-corrected chi connectivity index (χ4v) is 6.04. The summed E-state index contributed by atoms with van der Waals surface area (Å²) in [5.41, 5.74) is 0. The minimum atomic E-state index is -0.119. The molecule has 0 fully saturated rings. The average Bonchev–Trinajstić information content (AvgIpc) is 2.87. The van der Waals surface area contributed by atoms with Gasteiger partial charge in [0.25, 0.3) is 0 Å². The van der Waals surface area contributed by atoms with Crippen LogP contribution in [0.15, 0.2) is 24.8 Å². The zero-order valence-corrected chi connectivity index (χ0v) is 13.5. The molecule has 0 aromatic heterocycles. The first kappa shape index (κ1) is 12.2. The minimum absolute atomic E-state index is 0.119. The molecule has 0 unspecified atom stereocenters. The van der Waals surface area contributed by atoms with Gasteiger partial charge in [0.1, 0.15) is 0 Å². The molecule has 0 aromatic carbocycles. The van der Waals surface area contributed by atoms with Crippen molar-refractivity contribution in [3.8, 4) is 0 Å². The third-order valence-electron chi connectivity index (χ3n) is 3.21. The zero-order valence-electron chi connectivity index (χ0n) is 11.3. The van der Waals surface area contributed by atoms with Gasteiger partial charge in [-0.1, -0.05) is 0 Å². The predicted octanol–water partition coefficient (Wildman–Crippen LogP) is 1.21. The van der Waals surface area contributed by atoms with Crippen LogP contribution in [-0.4, -0.2) is 46.6 Å². The zero-order chi connectivity index (χ0) is 12.9. The molecule has 3 aliphatic rings. The van der Waals surface area contributed by atoms with Crippen molar-refractivity contribution in [1.29, 1.82) is 0 Å². The van der Waals surface area contributed by atoms with E-state index in [0.717, 1.165) is 6.67 Å². The van der Waals surface area contributed by atoms with Crippen LogP contribution >= 0.6 is 0 Å². The third-order valence-corrected chi connectivity index (χ3v) is 6.70. The Labute approximate surface area is 117 Å². The van der Waals surface area contributed by atoms with Crippen LogP contribution in [0.5, 0.6) is 0 Å². The normalized spacial score (nSPS) is 22.3. The molecule has 3 rings (SSSR count). The number of nitrogens with zero attached hydrogens (tertiary/aromatic N) is 4. The van der Waals surface area contributed by atoms with E-state index in [9.17, 15) is 0 Å². The Kier molecular flexibility index (Phi) is 2.93. The molecule has 3 aliphatic heterocycles. The Morgan fingerprint density at radius 3 is 1.67 bits per heavy atom. The van der Waals surface area contributed by atoms with Gasteiger partial charge in [0, 0.05) is 0 Å². The average molecular weight is 427 g/mol. The van der Waals surface area contributed by atoms with Crippen molar-refractivity contribution in [3.63, 3.8) is 0 Å². The Hall–Kier alpha value is -0.892. The first-order chi connectivity index (χ1) is 8.58. The van der Waals surface area contributed by atoms with Crippen molar-refractivity contribution >= 4 is 8.29 Å². The SMILES string of the molecule is CC(C)N1C=CN2CN3C=CN(C(C)C)[C]3=[Pt]=[C]21. The summed E-state index contributed by atoms with van der Waals surface area (Å²) in [6, 6.07) is 1.10. The van der Waals surface area contributed by atoms with Crippen molar-refractivity contribution in [3.05, 3.63) is 24.8 Å². The van der Waals surface area contributed by atoms with Gasteiger partial charge >= 0.3 is 117 Å². The molecule has 0 N–H and O–H groups in total. The number of hydrogen-bond donors (Lipinski definition) is 0. The van der Waals surface area contributed by atoms with E-state index >= 15 is 0 Å². The van der Waals surface area contributed by atoms with Crippen LogP contribution < -0.4 is 0 Å². The van der Waals surface area contributed by atoms with Crippen LogP contribution in [0.2, 0.25) is 0 Å². The van der Waals surface area contributed by atoms with Gasteiger partial charge in [-0.05, 0) is 0 Å². The molecule has 0 bridgehead atoms. The number of hydrogen-bond acceptors (Lipinski definition) is 4. The molecule has 0 spiro atoms. The maximum absolute atomic E-state index is 2.43. The van der Waals surface area contributed by atoms with Crippen molar-refractivity contribution in [2.45, 2.75) is 39.8 Å². The predicted molar refractivity (Wildman–Crippen MR) is 70.8 cm³/mol. The maximum atomic E-state index is 2.43. The van der Waals surface area contributed by atoms with Gasteiger partial charge in [0.2, 0.25) is 0 Å². The van der Waals surface area contributed by atoms with Gasteiger partial charge in [0.15, 0.2) is 0 Å². The fraction of sp³-hybridized carbons (Fsp3) is 0.538. The summed E-state index contributed by atoms with van der Waals surface area (Å²) in [4.78, 5) is 9.64. The Morgan fingerprint density at radius 1 is 0.833 bits per heavy atom. The van der Waals surface area contributed by atoms with Crippen LogP contribution in [0.1, 0.15) is 27.7 Å². The molecule has 4 nitrogen and oxygen atoms in total. The van der Waals surface area contributed by atoms with Crippen LogP contribution in [0.25, 0.3) is 0 Å². The summed E-state index contributed by atoms with van der Waals surface area (Å²) in [7, 11) is 0. The summed E-state index contributed by atoms with van der Waals surface area (Å²) in [6.45, 7) is 10.00. The van der Waals surface area contributed by atoms with Gasteiger partial charge in [-0.25, -0.2) is 0 Å². The first-order valence-corrected chi connectivity index (χ1v) is 8.64. The number of rotatable bonds is 2. The van der Waals surface area contributed by atoms with E-state index in [1.807, 2.05) is 0 Å². The quantitative estimate of drug-likeness (QED) is 0.657. The first-order valence-electron chi connectivity index (χ1n) is 6.37. The third kappa shape index (κ3) is 1.78. The van der Waals surface area contributed by atoms with Crippen LogP contribution in [-0.2, 0) is 17.6 Å². The molecular weight excluding hydrogens is 407 g/mol. The van der Waals surface area contributed by atoms with E-state index < -0.39 is 0 Å². The summed E-state index contributed by atoms with van der Waals surface area (Å²) < 4.78 is 3.04. The van der Waals surface area contributed by atoms with Gasteiger partial charge in [-0.2, -0.15) is 0 Å². The fourth-order valence-electron chi connectivity index (χ4n) is 2.17. The molecule has 18 heavy (non-hydrogen) atoms. The van der Waals surface area contributed by atoms with E-state index in [-0.39, 0.29) is 17.6 Å². The van der Waals surface area contributed by atoms with Gasteiger partial charge < -0.3 is 0 Å². The second-order valence-electron chi connectivity index (χ2n) is 5.24. The summed E-state index contributed by atoms with van der Waals surface area (Å²) in [5.74, 6) is 0. The molecule has 0 radical (unpaired) electrons. The van der Waals surface area contributed by atoms with E-state index in [1.54, 1.807) is 0 Å². The van der Waals surface area contributed by atoms with Crippen molar-refractivity contribution in [2.24, 2.45) is 0 Å². The van der Waals surface area contributed by atoms with Gasteiger partial charge in [-0.3, -0.25) is 0 Å². The molecule has 0 aromatic rings. The number of fused-ring (bicyclic) bond motifs is 2. The van der Waals surface area contributed by atoms with Crippen molar-refractivity contribution in [1.82, 2.24) is 19.6 Å². The summed E-state index contributed by atoms with van der Waals surface area (Å²) in [5, 5.41) is 0. The van der Waals surface area contributed by atoms with Crippen LogP contribution in [0.4, 0.5) is 0 Å². The van der Waals surface area contributed by atoms with E-state index in [1.165, 1.54) is 8.29 Å². The molecule has 0 saturated carbocycles. The van der Waals surface area contributed by atoms with Gasteiger partial charge in [-0.15, -0.1) is 0 Å². The van der Waals surface area contributed by atoms with Gasteiger partial charge in [0.05, 0.1) is 0 Å². The molecule has 5 heteroatoms.